The third-order valence-corrected chi connectivity index (χ3v) is 5.98. The first kappa shape index (κ1) is 20.4. The van der Waals surface area contributed by atoms with E-state index >= 15 is 0 Å². The van der Waals surface area contributed by atoms with Crippen molar-refractivity contribution in [3.63, 3.8) is 0 Å². The van der Waals surface area contributed by atoms with Gasteiger partial charge in [-0.25, -0.2) is 9.18 Å². The predicted molar refractivity (Wildman–Crippen MR) is 115 cm³/mol. The summed E-state index contributed by atoms with van der Waals surface area (Å²) in [6, 6.07) is 12.3. The number of halogens is 1. The first-order valence-electron chi connectivity index (χ1n) is 10.5. The van der Waals surface area contributed by atoms with E-state index in [0.29, 0.717) is 23.9 Å². The first-order chi connectivity index (χ1) is 14.6. The number of nitrogens with zero attached hydrogens (tertiary/aromatic N) is 1. The zero-order valence-corrected chi connectivity index (χ0v) is 17.2. The van der Waals surface area contributed by atoms with Crippen LogP contribution in [0, 0.1) is 5.82 Å². The van der Waals surface area contributed by atoms with E-state index in [4.69, 9.17) is 4.74 Å². The summed E-state index contributed by atoms with van der Waals surface area (Å²) in [4.78, 5) is 12.3. The minimum atomic E-state index is -0.984. The van der Waals surface area contributed by atoms with Gasteiger partial charge in [0.2, 0.25) is 0 Å². The first-order valence-corrected chi connectivity index (χ1v) is 10.5. The molecule has 4 rings (SSSR count). The molecule has 0 atom stereocenters. The van der Waals surface area contributed by atoms with Gasteiger partial charge >= 0.3 is 5.97 Å². The fourth-order valence-corrected chi connectivity index (χ4v) is 4.49. The number of carboxylic acid groups (broad SMARTS) is 1. The van der Waals surface area contributed by atoms with E-state index < -0.39 is 5.97 Å². The van der Waals surface area contributed by atoms with Gasteiger partial charge in [-0.2, -0.15) is 0 Å². The lowest BCUT2D eigenvalue weighted by atomic mass is 9.95. The monoisotopic (exact) mass is 410 g/mol. The molecule has 3 aromatic rings. The van der Waals surface area contributed by atoms with Gasteiger partial charge in [0.1, 0.15) is 17.3 Å². The zero-order valence-electron chi connectivity index (χ0n) is 17.2. The quantitative estimate of drug-likeness (QED) is 0.578. The summed E-state index contributed by atoms with van der Waals surface area (Å²) in [5.41, 5.74) is 2.49. The number of ether oxygens (including phenoxy) is 1. The van der Waals surface area contributed by atoms with Gasteiger partial charge in [-0.05, 0) is 42.7 Å². The van der Waals surface area contributed by atoms with E-state index in [9.17, 15) is 14.3 Å². The van der Waals surface area contributed by atoms with Gasteiger partial charge < -0.3 is 19.7 Å². The molecule has 0 aliphatic heterocycles. The SMILES string of the molecule is COc1ccc2c(CNC3CCCCC3)c(C(=O)O)n(Cc3cccc(F)c3)c2c1. The van der Waals surface area contributed by atoms with Crippen LogP contribution in [0.1, 0.15) is 53.7 Å². The van der Waals surface area contributed by atoms with Crippen molar-refractivity contribution in [2.45, 2.75) is 51.2 Å². The highest BCUT2D eigenvalue weighted by atomic mass is 19.1. The van der Waals surface area contributed by atoms with Crippen molar-refractivity contribution < 1.29 is 19.0 Å². The topological polar surface area (TPSA) is 63.5 Å². The van der Waals surface area contributed by atoms with Crippen LogP contribution in [0.5, 0.6) is 5.75 Å². The normalized spacial score (nSPS) is 14.9. The lowest BCUT2D eigenvalue weighted by Crippen LogP contribution is -2.31. The molecule has 0 spiro atoms. The summed E-state index contributed by atoms with van der Waals surface area (Å²) in [5.74, 6) is -0.663. The maximum absolute atomic E-state index is 13.7. The molecule has 0 amide bonds. The Balaban J connectivity index is 1.78. The number of nitrogens with one attached hydrogen (secondary N) is 1. The Kier molecular flexibility index (Phi) is 6.04. The number of hydrogen-bond acceptors (Lipinski definition) is 3. The highest BCUT2D eigenvalue weighted by Crippen LogP contribution is 2.31. The Bertz CT molecular complexity index is 1050. The second kappa shape index (κ2) is 8.88. The van der Waals surface area contributed by atoms with E-state index in [1.165, 1.54) is 31.4 Å². The second-order valence-electron chi connectivity index (χ2n) is 7.95. The van der Waals surface area contributed by atoms with Crippen LogP contribution in [0.25, 0.3) is 10.9 Å². The van der Waals surface area contributed by atoms with Crippen molar-refractivity contribution >= 4 is 16.9 Å². The Morgan fingerprint density at radius 1 is 1.20 bits per heavy atom. The molecule has 1 saturated carbocycles. The Hall–Kier alpha value is -2.86. The molecule has 1 fully saturated rings. The van der Waals surface area contributed by atoms with Gasteiger partial charge in [0.15, 0.2) is 0 Å². The van der Waals surface area contributed by atoms with Crippen LogP contribution in [0.2, 0.25) is 0 Å². The number of rotatable bonds is 7. The van der Waals surface area contributed by atoms with Gasteiger partial charge in [0.05, 0.1) is 12.6 Å². The molecule has 2 N–H and O–H groups in total. The minimum Gasteiger partial charge on any atom is -0.497 e. The number of methoxy groups -OCH3 is 1. The minimum absolute atomic E-state index is 0.242. The third kappa shape index (κ3) is 4.19. The van der Waals surface area contributed by atoms with Crippen LogP contribution in [0.4, 0.5) is 4.39 Å². The largest absolute Gasteiger partial charge is 0.497 e. The van der Waals surface area contributed by atoms with E-state index in [1.807, 2.05) is 18.2 Å². The van der Waals surface area contributed by atoms with Gasteiger partial charge in [-0.1, -0.05) is 31.4 Å². The van der Waals surface area contributed by atoms with Crippen molar-refractivity contribution in [1.29, 1.82) is 0 Å². The molecular formula is C24H27FN2O3. The molecule has 1 aromatic heterocycles. The highest BCUT2D eigenvalue weighted by molar-refractivity contribution is 5.98. The molecule has 0 radical (unpaired) electrons. The highest BCUT2D eigenvalue weighted by Gasteiger charge is 2.24. The maximum atomic E-state index is 13.7. The van der Waals surface area contributed by atoms with Gasteiger partial charge in [-0.15, -0.1) is 0 Å². The molecule has 2 aromatic carbocycles. The van der Waals surface area contributed by atoms with Gasteiger partial charge in [-0.3, -0.25) is 0 Å². The van der Waals surface area contributed by atoms with E-state index in [-0.39, 0.29) is 18.1 Å². The molecule has 1 aliphatic carbocycles. The number of fused-ring (bicyclic) bond motifs is 1. The molecule has 0 bridgehead atoms. The van der Waals surface area contributed by atoms with E-state index in [1.54, 1.807) is 23.8 Å². The summed E-state index contributed by atoms with van der Waals surface area (Å²) in [5, 5.41) is 14.5. The molecular weight excluding hydrogens is 383 g/mol. The summed E-state index contributed by atoms with van der Waals surface area (Å²) in [7, 11) is 1.59. The summed E-state index contributed by atoms with van der Waals surface area (Å²) < 4.78 is 20.9. The Morgan fingerprint density at radius 2 is 2.00 bits per heavy atom. The van der Waals surface area contributed by atoms with Crippen LogP contribution in [0.15, 0.2) is 42.5 Å². The van der Waals surface area contributed by atoms with Crippen molar-refractivity contribution in [3.8, 4) is 5.75 Å². The van der Waals surface area contributed by atoms with Crippen LogP contribution in [0.3, 0.4) is 0 Å². The van der Waals surface area contributed by atoms with E-state index in [0.717, 1.165) is 29.3 Å². The van der Waals surface area contributed by atoms with Crippen LogP contribution < -0.4 is 10.1 Å². The maximum Gasteiger partial charge on any atom is 0.352 e. The van der Waals surface area contributed by atoms with Crippen LogP contribution >= 0.6 is 0 Å². The number of benzene rings is 2. The molecule has 158 valence electrons. The molecule has 1 heterocycles. The standard InChI is InChI=1S/C24H27FN2O3/c1-30-19-10-11-20-21(14-26-18-8-3-2-4-9-18)23(24(28)29)27(22(20)13-19)15-16-6-5-7-17(25)12-16/h5-7,10-13,18,26H,2-4,8-9,14-15H2,1H3,(H,28,29). The molecule has 6 heteroatoms. The third-order valence-electron chi connectivity index (χ3n) is 5.98. The number of aromatic carboxylic acids is 1. The van der Waals surface area contributed by atoms with Crippen LogP contribution in [-0.4, -0.2) is 28.8 Å². The van der Waals surface area contributed by atoms with Crippen LogP contribution in [-0.2, 0) is 13.1 Å². The fraction of sp³-hybridized carbons (Fsp3) is 0.375. The summed E-state index contributed by atoms with van der Waals surface area (Å²) >= 11 is 0. The Labute approximate surface area is 175 Å². The average molecular weight is 410 g/mol. The number of aromatic nitrogens is 1. The van der Waals surface area contributed by atoms with E-state index in [2.05, 4.69) is 5.32 Å². The summed E-state index contributed by atoms with van der Waals surface area (Å²) in [6.45, 7) is 0.762. The fourth-order valence-electron chi connectivity index (χ4n) is 4.49. The van der Waals surface area contributed by atoms with Gasteiger partial charge in [0, 0.05) is 36.1 Å². The van der Waals surface area contributed by atoms with Crippen molar-refractivity contribution in [2.24, 2.45) is 0 Å². The molecule has 0 unspecified atom stereocenters. The number of hydrogen-bond donors (Lipinski definition) is 2. The lowest BCUT2D eigenvalue weighted by molar-refractivity contribution is 0.0684. The number of carboxylic acids is 1. The number of carbonyl (C=O) groups is 1. The average Bonchev–Trinajstić information content (AvgIpc) is 3.05. The van der Waals surface area contributed by atoms with Crippen molar-refractivity contribution in [2.75, 3.05) is 7.11 Å². The Morgan fingerprint density at radius 3 is 2.70 bits per heavy atom. The van der Waals surface area contributed by atoms with Crippen molar-refractivity contribution in [3.05, 3.63) is 65.1 Å². The smallest absolute Gasteiger partial charge is 0.352 e. The van der Waals surface area contributed by atoms with Crippen molar-refractivity contribution in [1.82, 2.24) is 9.88 Å². The molecule has 1 aliphatic rings. The summed E-state index contributed by atoms with van der Waals surface area (Å²) in [6.07, 6.45) is 5.94. The lowest BCUT2D eigenvalue weighted by Gasteiger charge is -2.23. The second-order valence-corrected chi connectivity index (χ2v) is 7.95. The van der Waals surface area contributed by atoms with Gasteiger partial charge in [0.25, 0.3) is 0 Å². The molecule has 30 heavy (non-hydrogen) atoms. The molecule has 0 saturated heterocycles. The zero-order chi connectivity index (χ0) is 21.1. The predicted octanol–water partition coefficient (Wildman–Crippen LogP) is 4.96. The molecule has 5 nitrogen and oxygen atoms in total.